The van der Waals surface area contributed by atoms with E-state index < -0.39 is 0 Å². The highest BCUT2D eigenvalue weighted by Gasteiger charge is 2.16. The van der Waals surface area contributed by atoms with Gasteiger partial charge in [0, 0.05) is 37.1 Å². The number of nitrogens with zero attached hydrogens (tertiary/aromatic N) is 6. The number of urea groups is 1. The standard InChI is InChI=1S/C19H22N8O2S/c1-30-19-23-24-25-27(19)16-6-2-5-15(12-16)22-18(28)21-13-14-4-3-7-20-17(14)26-8-10-29-11-9-26/h2-7,12H,8-11,13H2,1H3,(H2,21,22,28). The minimum absolute atomic E-state index is 0.300. The number of nitrogens with one attached hydrogen (secondary N) is 2. The van der Waals surface area contributed by atoms with Crippen molar-refractivity contribution in [2.75, 3.05) is 42.8 Å². The summed E-state index contributed by atoms with van der Waals surface area (Å²) in [5, 5.41) is 18.1. The van der Waals surface area contributed by atoms with E-state index in [1.54, 1.807) is 10.9 Å². The van der Waals surface area contributed by atoms with Gasteiger partial charge in [0.1, 0.15) is 5.82 Å². The van der Waals surface area contributed by atoms with Gasteiger partial charge in [-0.25, -0.2) is 9.78 Å². The Kier molecular flexibility index (Phi) is 6.40. The molecule has 0 spiro atoms. The maximum atomic E-state index is 12.5. The third kappa shape index (κ3) is 4.69. The molecule has 0 bridgehead atoms. The first-order chi connectivity index (χ1) is 14.7. The molecule has 0 aliphatic carbocycles. The SMILES string of the molecule is CSc1nnnn1-c1cccc(NC(=O)NCc2cccnc2N2CCOCC2)c1. The van der Waals surface area contributed by atoms with Crippen molar-refractivity contribution < 1.29 is 9.53 Å². The number of benzene rings is 1. The molecule has 2 amide bonds. The predicted octanol–water partition coefficient (Wildman–Crippen LogP) is 1.94. The molecule has 10 nitrogen and oxygen atoms in total. The summed E-state index contributed by atoms with van der Waals surface area (Å²) in [6.45, 7) is 3.31. The van der Waals surface area contributed by atoms with Gasteiger partial charge in [-0.3, -0.25) is 0 Å². The second kappa shape index (κ2) is 9.55. The van der Waals surface area contributed by atoms with Gasteiger partial charge < -0.3 is 20.3 Å². The van der Waals surface area contributed by atoms with Crippen LogP contribution >= 0.6 is 11.8 Å². The average Bonchev–Trinajstić information content (AvgIpc) is 3.28. The van der Waals surface area contributed by atoms with E-state index in [0.29, 0.717) is 30.6 Å². The van der Waals surface area contributed by atoms with E-state index in [1.165, 1.54) is 11.8 Å². The Morgan fingerprint density at radius 2 is 2.10 bits per heavy atom. The van der Waals surface area contributed by atoms with Crippen molar-refractivity contribution in [1.82, 2.24) is 30.5 Å². The average molecular weight is 427 g/mol. The topological polar surface area (TPSA) is 110 Å². The van der Waals surface area contributed by atoms with E-state index in [1.807, 2.05) is 42.7 Å². The van der Waals surface area contributed by atoms with Crippen LogP contribution in [0.25, 0.3) is 5.69 Å². The quantitative estimate of drug-likeness (QED) is 0.576. The summed E-state index contributed by atoms with van der Waals surface area (Å²) in [7, 11) is 0. The van der Waals surface area contributed by atoms with Crippen molar-refractivity contribution in [3.8, 4) is 5.69 Å². The first-order valence-electron chi connectivity index (χ1n) is 9.49. The number of aromatic nitrogens is 5. The number of pyridine rings is 1. The number of rotatable bonds is 6. The molecule has 3 heterocycles. The van der Waals surface area contributed by atoms with E-state index in [2.05, 4.69) is 36.0 Å². The van der Waals surface area contributed by atoms with Crippen molar-refractivity contribution in [3.05, 3.63) is 48.2 Å². The molecular formula is C19H22N8O2S. The van der Waals surface area contributed by atoms with Gasteiger partial charge in [-0.1, -0.05) is 23.9 Å². The maximum absolute atomic E-state index is 12.5. The zero-order chi connectivity index (χ0) is 20.8. The summed E-state index contributed by atoms with van der Waals surface area (Å²) < 4.78 is 7.04. The molecule has 0 unspecified atom stereocenters. The lowest BCUT2D eigenvalue weighted by atomic mass is 10.2. The Labute approximate surface area is 178 Å². The molecule has 3 aromatic rings. The fourth-order valence-corrected chi connectivity index (χ4v) is 3.60. The van der Waals surface area contributed by atoms with Crippen LogP contribution in [0, 0.1) is 0 Å². The maximum Gasteiger partial charge on any atom is 0.319 e. The molecule has 1 aromatic carbocycles. The first-order valence-corrected chi connectivity index (χ1v) is 10.7. The number of anilines is 2. The molecule has 0 radical (unpaired) electrons. The van der Waals surface area contributed by atoms with Crippen LogP contribution in [0.4, 0.5) is 16.3 Å². The van der Waals surface area contributed by atoms with Crippen molar-refractivity contribution in [2.45, 2.75) is 11.7 Å². The van der Waals surface area contributed by atoms with Crippen LogP contribution in [0.5, 0.6) is 0 Å². The van der Waals surface area contributed by atoms with Gasteiger partial charge in [0.05, 0.1) is 18.9 Å². The summed E-state index contributed by atoms with van der Waals surface area (Å²) in [5.41, 5.74) is 2.37. The molecule has 1 aliphatic heterocycles. The van der Waals surface area contributed by atoms with Gasteiger partial charge in [0.25, 0.3) is 0 Å². The summed E-state index contributed by atoms with van der Waals surface area (Å²) in [6.07, 6.45) is 3.67. The zero-order valence-corrected chi connectivity index (χ0v) is 17.3. The van der Waals surface area contributed by atoms with Crippen LogP contribution < -0.4 is 15.5 Å². The number of carbonyl (C=O) groups excluding carboxylic acids is 1. The molecule has 2 N–H and O–H groups in total. The molecule has 1 fully saturated rings. The fourth-order valence-electron chi connectivity index (χ4n) is 3.16. The Bertz CT molecular complexity index is 1010. The molecule has 11 heteroatoms. The minimum Gasteiger partial charge on any atom is -0.378 e. The van der Waals surface area contributed by atoms with Crippen molar-refractivity contribution in [2.24, 2.45) is 0 Å². The van der Waals surface area contributed by atoms with Crippen molar-refractivity contribution in [3.63, 3.8) is 0 Å². The van der Waals surface area contributed by atoms with Gasteiger partial charge >= 0.3 is 6.03 Å². The fraction of sp³-hybridized carbons (Fsp3) is 0.316. The lowest BCUT2D eigenvalue weighted by molar-refractivity contribution is 0.122. The van der Waals surface area contributed by atoms with E-state index in [-0.39, 0.29) is 6.03 Å². The molecule has 30 heavy (non-hydrogen) atoms. The Balaban J connectivity index is 1.40. The number of morpholine rings is 1. The third-order valence-electron chi connectivity index (χ3n) is 4.59. The number of amides is 2. The summed E-state index contributed by atoms with van der Waals surface area (Å²) in [5.74, 6) is 0.881. The number of ether oxygens (including phenoxy) is 1. The molecule has 0 saturated carbocycles. The molecule has 1 saturated heterocycles. The zero-order valence-electron chi connectivity index (χ0n) is 16.5. The molecule has 0 atom stereocenters. The summed E-state index contributed by atoms with van der Waals surface area (Å²) >= 11 is 1.44. The monoisotopic (exact) mass is 426 g/mol. The highest BCUT2D eigenvalue weighted by Crippen LogP contribution is 2.20. The van der Waals surface area contributed by atoms with E-state index in [4.69, 9.17) is 4.74 Å². The largest absolute Gasteiger partial charge is 0.378 e. The molecule has 1 aliphatic rings. The third-order valence-corrected chi connectivity index (χ3v) is 5.21. The van der Waals surface area contributed by atoms with Crippen LogP contribution in [0.3, 0.4) is 0 Å². The number of thioether (sulfide) groups is 1. The van der Waals surface area contributed by atoms with E-state index >= 15 is 0 Å². The van der Waals surface area contributed by atoms with E-state index in [0.717, 1.165) is 30.2 Å². The van der Waals surface area contributed by atoms with E-state index in [9.17, 15) is 4.79 Å². The lowest BCUT2D eigenvalue weighted by Crippen LogP contribution is -2.38. The number of hydrogen-bond acceptors (Lipinski definition) is 8. The van der Waals surface area contributed by atoms with Crippen LogP contribution in [0.1, 0.15) is 5.56 Å². The number of carbonyl (C=O) groups is 1. The summed E-state index contributed by atoms with van der Waals surface area (Å²) in [4.78, 5) is 19.1. The second-order valence-electron chi connectivity index (χ2n) is 6.52. The molecule has 4 rings (SSSR count). The van der Waals surface area contributed by atoms with Crippen molar-refractivity contribution in [1.29, 1.82) is 0 Å². The molecular weight excluding hydrogens is 404 g/mol. The minimum atomic E-state index is -0.300. The van der Waals surface area contributed by atoms with Gasteiger partial charge in [-0.05, 0) is 40.9 Å². The smallest absolute Gasteiger partial charge is 0.319 e. The lowest BCUT2D eigenvalue weighted by Gasteiger charge is -2.29. The van der Waals surface area contributed by atoms with Gasteiger partial charge in [0.2, 0.25) is 5.16 Å². The van der Waals surface area contributed by atoms with Crippen molar-refractivity contribution >= 4 is 29.3 Å². The normalized spacial score (nSPS) is 13.8. The van der Waals surface area contributed by atoms with Crippen LogP contribution in [-0.2, 0) is 11.3 Å². The highest BCUT2D eigenvalue weighted by atomic mass is 32.2. The Hall–Kier alpha value is -3.18. The van der Waals surface area contributed by atoms with Gasteiger partial charge in [-0.15, -0.1) is 5.10 Å². The van der Waals surface area contributed by atoms with Crippen LogP contribution in [-0.4, -0.2) is 63.8 Å². The van der Waals surface area contributed by atoms with Crippen LogP contribution in [0.2, 0.25) is 0 Å². The number of hydrogen-bond donors (Lipinski definition) is 2. The number of tetrazole rings is 1. The molecule has 2 aromatic heterocycles. The molecule has 156 valence electrons. The summed E-state index contributed by atoms with van der Waals surface area (Å²) in [6, 6.07) is 10.9. The highest BCUT2D eigenvalue weighted by molar-refractivity contribution is 7.98. The van der Waals surface area contributed by atoms with Gasteiger partial charge in [-0.2, -0.15) is 4.68 Å². The Morgan fingerprint density at radius 1 is 1.23 bits per heavy atom. The van der Waals surface area contributed by atoms with Gasteiger partial charge in [0.15, 0.2) is 0 Å². The predicted molar refractivity (Wildman–Crippen MR) is 114 cm³/mol. The Morgan fingerprint density at radius 3 is 2.93 bits per heavy atom. The first kappa shape index (κ1) is 20.1. The second-order valence-corrected chi connectivity index (χ2v) is 7.29. The van der Waals surface area contributed by atoms with Crippen LogP contribution in [0.15, 0.2) is 47.8 Å².